The fraction of sp³-hybridized carbons (Fsp3) is 0.304. The maximum absolute atomic E-state index is 4.50. The van der Waals surface area contributed by atoms with Gasteiger partial charge in [0.15, 0.2) is 5.82 Å². The SMILES string of the molecule is CC(C)(C)n1nnnc1C(c1ccc2ncccc2c1)N1CCc2ccccc21. The number of aromatic nitrogens is 5. The lowest BCUT2D eigenvalue weighted by atomic mass is 10.00. The van der Waals surface area contributed by atoms with Gasteiger partial charge >= 0.3 is 0 Å². The zero-order chi connectivity index (χ0) is 20.0. The molecule has 1 aliphatic rings. The monoisotopic (exact) mass is 384 g/mol. The molecule has 1 aliphatic heterocycles. The van der Waals surface area contributed by atoms with E-state index in [1.54, 1.807) is 0 Å². The number of pyridine rings is 1. The van der Waals surface area contributed by atoms with Gasteiger partial charge in [0, 0.05) is 23.8 Å². The fourth-order valence-electron chi connectivity index (χ4n) is 4.21. The van der Waals surface area contributed by atoms with Crippen molar-refractivity contribution in [3.05, 3.63) is 77.7 Å². The molecule has 4 aromatic rings. The first-order valence-electron chi connectivity index (χ1n) is 10.0. The van der Waals surface area contributed by atoms with Gasteiger partial charge in [0.2, 0.25) is 0 Å². The topological polar surface area (TPSA) is 59.7 Å². The minimum absolute atomic E-state index is 0.0718. The van der Waals surface area contributed by atoms with E-state index in [1.165, 1.54) is 16.8 Å². The first-order chi connectivity index (χ1) is 14.0. The Morgan fingerprint density at radius 1 is 1.00 bits per heavy atom. The number of nitrogens with zero attached hydrogens (tertiary/aromatic N) is 6. The third-order valence-corrected chi connectivity index (χ3v) is 5.55. The van der Waals surface area contributed by atoms with E-state index in [0.29, 0.717) is 0 Å². The van der Waals surface area contributed by atoms with Crippen molar-refractivity contribution in [2.45, 2.75) is 38.8 Å². The Hall–Kier alpha value is -3.28. The predicted octanol–water partition coefficient (Wildman–Crippen LogP) is 4.13. The van der Waals surface area contributed by atoms with Gasteiger partial charge in [-0.15, -0.1) is 5.10 Å². The summed E-state index contributed by atoms with van der Waals surface area (Å²) >= 11 is 0. The third-order valence-electron chi connectivity index (χ3n) is 5.55. The lowest BCUT2D eigenvalue weighted by Crippen LogP contribution is -2.34. The summed E-state index contributed by atoms with van der Waals surface area (Å²) in [6, 6.07) is 19.1. The molecular weight excluding hydrogens is 360 g/mol. The van der Waals surface area contributed by atoms with Gasteiger partial charge in [-0.2, -0.15) is 0 Å². The van der Waals surface area contributed by atoms with E-state index in [1.807, 2.05) is 16.9 Å². The van der Waals surface area contributed by atoms with Crippen molar-refractivity contribution < 1.29 is 0 Å². The molecule has 1 unspecified atom stereocenters. The van der Waals surface area contributed by atoms with Crippen LogP contribution in [0.25, 0.3) is 10.9 Å². The van der Waals surface area contributed by atoms with Crippen LogP contribution in [0.3, 0.4) is 0 Å². The highest BCUT2D eigenvalue weighted by molar-refractivity contribution is 5.79. The van der Waals surface area contributed by atoms with Crippen molar-refractivity contribution in [2.24, 2.45) is 0 Å². The second-order valence-corrected chi connectivity index (χ2v) is 8.55. The van der Waals surface area contributed by atoms with Crippen molar-refractivity contribution >= 4 is 16.6 Å². The van der Waals surface area contributed by atoms with E-state index in [2.05, 4.69) is 94.7 Å². The normalized spacial score (nSPS) is 14.9. The molecule has 3 heterocycles. The van der Waals surface area contributed by atoms with Crippen molar-refractivity contribution in [1.29, 1.82) is 0 Å². The third kappa shape index (κ3) is 3.05. The number of hydrogen-bond acceptors (Lipinski definition) is 5. The first-order valence-corrected chi connectivity index (χ1v) is 10.0. The van der Waals surface area contributed by atoms with Crippen LogP contribution in [0.2, 0.25) is 0 Å². The Bertz CT molecular complexity index is 1170. The molecule has 5 rings (SSSR count). The molecule has 6 nitrogen and oxygen atoms in total. The summed E-state index contributed by atoms with van der Waals surface area (Å²) in [6.45, 7) is 7.33. The smallest absolute Gasteiger partial charge is 0.178 e. The molecule has 0 N–H and O–H groups in total. The van der Waals surface area contributed by atoms with Gasteiger partial charge in [0.25, 0.3) is 0 Å². The van der Waals surface area contributed by atoms with E-state index in [0.717, 1.165) is 29.7 Å². The van der Waals surface area contributed by atoms with Crippen LogP contribution in [0, 0.1) is 0 Å². The van der Waals surface area contributed by atoms with Gasteiger partial charge in [-0.3, -0.25) is 4.98 Å². The molecule has 29 heavy (non-hydrogen) atoms. The molecule has 0 spiro atoms. The number of para-hydroxylation sites is 1. The lowest BCUT2D eigenvalue weighted by Gasteiger charge is -2.32. The highest BCUT2D eigenvalue weighted by atomic mass is 15.6. The number of anilines is 1. The molecule has 0 aliphatic carbocycles. The quantitative estimate of drug-likeness (QED) is 0.532. The summed E-state index contributed by atoms with van der Waals surface area (Å²) in [5, 5.41) is 14.0. The molecular formula is C23H24N6. The zero-order valence-corrected chi connectivity index (χ0v) is 16.9. The van der Waals surface area contributed by atoms with E-state index >= 15 is 0 Å². The average molecular weight is 384 g/mol. The first kappa shape index (κ1) is 17.8. The molecule has 0 saturated carbocycles. The van der Waals surface area contributed by atoms with Crippen LogP contribution in [0.15, 0.2) is 60.8 Å². The largest absolute Gasteiger partial charge is 0.357 e. The Morgan fingerprint density at radius 3 is 2.72 bits per heavy atom. The number of fused-ring (bicyclic) bond motifs is 2. The molecule has 0 radical (unpaired) electrons. The Labute approximate surface area is 170 Å². The minimum Gasteiger partial charge on any atom is -0.357 e. The van der Waals surface area contributed by atoms with Gasteiger partial charge < -0.3 is 4.90 Å². The van der Waals surface area contributed by atoms with E-state index in [-0.39, 0.29) is 11.6 Å². The van der Waals surface area contributed by atoms with Crippen LogP contribution in [0.4, 0.5) is 5.69 Å². The molecule has 0 bridgehead atoms. The molecule has 0 amide bonds. The molecule has 2 aromatic carbocycles. The lowest BCUT2D eigenvalue weighted by molar-refractivity contribution is 0.330. The molecule has 146 valence electrons. The van der Waals surface area contributed by atoms with Gasteiger partial charge in [0.05, 0.1) is 11.1 Å². The van der Waals surface area contributed by atoms with E-state index in [9.17, 15) is 0 Å². The Morgan fingerprint density at radius 2 is 1.86 bits per heavy atom. The fourth-order valence-corrected chi connectivity index (χ4v) is 4.21. The number of rotatable bonds is 3. The molecule has 0 fully saturated rings. The number of tetrazole rings is 1. The molecule has 6 heteroatoms. The van der Waals surface area contributed by atoms with Crippen molar-refractivity contribution in [2.75, 3.05) is 11.4 Å². The van der Waals surface area contributed by atoms with Gasteiger partial charge in [-0.25, -0.2) is 4.68 Å². The molecule has 1 atom stereocenters. The predicted molar refractivity (Wildman–Crippen MR) is 114 cm³/mol. The van der Waals surface area contributed by atoms with Crippen molar-refractivity contribution in [1.82, 2.24) is 25.2 Å². The molecule has 2 aromatic heterocycles. The second kappa shape index (κ2) is 6.65. The summed E-state index contributed by atoms with van der Waals surface area (Å²) in [7, 11) is 0. The summed E-state index contributed by atoms with van der Waals surface area (Å²) < 4.78 is 1.95. The standard InChI is InChI=1S/C23H24N6/c1-23(2,3)29-22(25-26-27-29)21(28-14-12-16-7-4-5-9-20(16)28)18-10-11-19-17(15-18)8-6-13-24-19/h4-11,13,15,21H,12,14H2,1-3H3. The summed E-state index contributed by atoms with van der Waals surface area (Å²) in [5.74, 6) is 0.859. The maximum atomic E-state index is 4.50. The maximum Gasteiger partial charge on any atom is 0.178 e. The van der Waals surface area contributed by atoms with Crippen LogP contribution in [0.5, 0.6) is 0 Å². The van der Waals surface area contributed by atoms with Crippen LogP contribution in [0.1, 0.15) is 43.8 Å². The van der Waals surface area contributed by atoms with Crippen LogP contribution >= 0.6 is 0 Å². The highest BCUT2D eigenvalue weighted by Crippen LogP contribution is 2.39. The minimum atomic E-state index is -0.214. The van der Waals surface area contributed by atoms with E-state index < -0.39 is 0 Å². The Balaban J connectivity index is 1.71. The Kier molecular flexibility index (Phi) is 4.08. The van der Waals surface area contributed by atoms with E-state index in [4.69, 9.17) is 0 Å². The van der Waals surface area contributed by atoms with Crippen LogP contribution in [-0.2, 0) is 12.0 Å². The summed E-state index contributed by atoms with van der Waals surface area (Å²) in [4.78, 5) is 6.91. The van der Waals surface area contributed by atoms with Crippen molar-refractivity contribution in [3.63, 3.8) is 0 Å². The van der Waals surface area contributed by atoms with Gasteiger partial charge in [-0.1, -0.05) is 30.3 Å². The number of hydrogen-bond donors (Lipinski definition) is 0. The van der Waals surface area contributed by atoms with Crippen molar-refractivity contribution in [3.8, 4) is 0 Å². The highest BCUT2D eigenvalue weighted by Gasteiger charge is 2.34. The second-order valence-electron chi connectivity index (χ2n) is 8.55. The zero-order valence-electron chi connectivity index (χ0n) is 16.9. The van der Waals surface area contributed by atoms with Crippen LogP contribution < -0.4 is 4.90 Å². The van der Waals surface area contributed by atoms with Crippen LogP contribution in [-0.4, -0.2) is 31.7 Å². The summed E-state index contributed by atoms with van der Waals surface area (Å²) in [5.41, 5.74) is 4.58. The van der Waals surface area contributed by atoms with Gasteiger partial charge in [-0.05, 0) is 73.0 Å². The van der Waals surface area contributed by atoms with Gasteiger partial charge in [0.1, 0.15) is 6.04 Å². The summed E-state index contributed by atoms with van der Waals surface area (Å²) in [6.07, 6.45) is 2.86. The number of benzene rings is 2. The average Bonchev–Trinajstić information content (AvgIpc) is 3.36. The molecule has 0 saturated heterocycles.